The van der Waals surface area contributed by atoms with Crippen molar-refractivity contribution >= 4 is 6.08 Å². The van der Waals surface area contributed by atoms with Gasteiger partial charge in [-0.3, -0.25) is 4.90 Å². The molecule has 2 aromatic rings. The van der Waals surface area contributed by atoms with Crippen LogP contribution in [0.1, 0.15) is 30.1 Å². The van der Waals surface area contributed by atoms with Crippen LogP contribution in [0.4, 0.5) is 0 Å². The first kappa shape index (κ1) is 15.0. The lowest BCUT2D eigenvalue weighted by atomic mass is 9.94. The van der Waals surface area contributed by atoms with Crippen LogP contribution < -0.4 is 0 Å². The standard InChI is InChI=1S/C18H23N3O/c1-15-19-18(20-22-15)13-17-10-6-12-21(14-17)11-5-9-16-7-3-2-4-8-16/h2-5,7-9,17H,6,10-14H2,1H3/b9-5+. The molecule has 0 bridgehead atoms. The Morgan fingerprint density at radius 2 is 2.18 bits per heavy atom. The third-order valence-electron chi connectivity index (χ3n) is 4.12. The molecule has 0 radical (unpaired) electrons. The lowest BCUT2D eigenvalue weighted by Gasteiger charge is -2.31. The number of aromatic nitrogens is 2. The Kier molecular flexibility index (Phi) is 5.01. The second-order valence-corrected chi connectivity index (χ2v) is 6.01. The van der Waals surface area contributed by atoms with Crippen molar-refractivity contribution in [3.05, 3.63) is 53.7 Å². The predicted molar refractivity (Wildman–Crippen MR) is 87.4 cm³/mol. The first-order valence-electron chi connectivity index (χ1n) is 8.03. The fourth-order valence-electron chi connectivity index (χ4n) is 3.07. The SMILES string of the molecule is Cc1nc(CC2CCCN(C/C=C/c3ccccc3)C2)no1. The molecular weight excluding hydrogens is 274 g/mol. The van der Waals surface area contributed by atoms with Gasteiger partial charge < -0.3 is 4.52 Å². The van der Waals surface area contributed by atoms with E-state index in [1.807, 2.05) is 13.0 Å². The van der Waals surface area contributed by atoms with Gasteiger partial charge in [-0.05, 0) is 30.9 Å². The van der Waals surface area contributed by atoms with E-state index in [-0.39, 0.29) is 0 Å². The molecule has 4 nitrogen and oxygen atoms in total. The first-order valence-corrected chi connectivity index (χ1v) is 8.03. The summed E-state index contributed by atoms with van der Waals surface area (Å²) in [6.45, 7) is 5.16. The third kappa shape index (κ3) is 4.28. The molecule has 22 heavy (non-hydrogen) atoms. The van der Waals surface area contributed by atoms with Gasteiger partial charge >= 0.3 is 0 Å². The molecule has 1 fully saturated rings. The smallest absolute Gasteiger partial charge is 0.223 e. The minimum absolute atomic E-state index is 0.635. The van der Waals surface area contributed by atoms with Crippen molar-refractivity contribution < 1.29 is 4.52 Å². The minimum atomic E-state index is 0.635. The van der Waals surface area contributed by atoms with E-state index in [4.69, 9.17) is 4.52 Å². The zero-order valence-corrected chi connectivity index (χ0v) is 13.1. The Hall–Kier alpha value is -1.94. The van der Waals surface area contributed by atoms with E-state index in [9.17, 15) is 0 Å². The molecule has 1 aromatic heterocycles. The van der Waals surface area contributed by atoms with Crippen molar-refractivity contribution in [2.45, 2.75) is 26.2 Å². The van der Waals surface area contributed by atoms with Gasteiger partial charge in [0.25, 0.3) is 0 Å². The van der Waals surface area contributed by atoms with Crippen molar-refractivity contribution in [2.24, 2.45) is 5.92 Å². The number of hydrogen-bond acceptors (Lipinski definition) is 4. The summed E-state index contributed by atoms with van der Waals surface area (Å²) in [6.07, 6.45) is 7.89. The molecule has 0 aliphatic carbocycles. The summed E-state index contributed by atoms with van der Waals surface area (Å²) < 4.78 is 5.06. The van der Waals surface area contributed by atoms with E-state index in [2.05, 4.69) is 51.5 Å². The maximum atomic E-state index is 5.06. The van der Waals surface area contributed by atoms with Crippen LogP contribution in [0.25, 0.3) is 6.08 Å². The monoisotopic (exact) mass is 297 g/mol. The van der Waals surface area contributed by atoms with E-state index in [0.717, 1.165) is 25.3 Å². The highest BCUT2D eigenvalue weighted by atomic mass is 16.5. The highest BCUT2D eigenvalue weighted by Gasteiger charge is 2.21. The molecule has 1 aliphatic heterocycles. The summed E-state index contributed by atoms with van der Waals surface area (Å²) >= 11 is 0. The third-order valence-corrected chi connectivity index (χ3v) is 4.12. The molecule has 1 unspecified atom stereocenters. The van der Waals surface area contributed by atoms with Gasteiger partial charge in [-0.2, -0.15) is 4.98 Å². The van der Waals surface area contributed by atoms with Crippen LogP contribution >= 0.6 is 0 Å². The van der Waals surface area contributed by atoms with E-state index in [1.165, 1.54) is 24.9 Å². The van der Waals surface area contributed by atoms with Crippen LogP contribution in [-0.4, -0.2) is 34.7 Å². The molecular formula is C18H23N3O. The van der Waals surface area contributed by atoms with Crippen LogP contribution in [0.3, 0.4) is 0 Å². The van der Waals surface area contributed by atoms with Crippen molar-refractivity contribution in [1.29, 1.82) is 0 Å². The summed E-state index contributed by atoms with van der Waals surface area (Å²) in [5, 5.41) is 4.02. The number of benzene rings is 1. The normalized spacial score (nSPS) is 19.8. The molecule has 0 saturated carbocycles. The minimum Gasteiger partial charge on any atom is -0.340 e. The van der Waals surface area contributed by atoms with E-state index in [1.54, 1.807) is 0 Å². The summed E-state index contributed by atoms with van der Waals surface area (Å²) in [7, 11) is 0. The zero-order valence-electron chi connectivity index (χ0n) is 13.1. The number of rotatable bonds is 5. The van der Waals surface area contributed by atoms with Gasteiger partial charge in [-0.25, -0.2) is 0 Å². The van der Waals surface area contributed by atoms with Crippen LogP contribution in [0.15, 0.2) is 40.9 Å². The molecule has 4 heteroatoms. The fraction of sp³-hybridized carbons (Fsp3) is 0.444. The molecule has 0 amide bonds. The van der Waals surface area contributed by atoms with Gasteiger partial charge in [0.2, 0.25) is 5.89 Å². The van der Waals surface area contributed by atoms with E-state index in [0.29, 0.717) is 11.8 Å². The van der Waals surface area contributed by atoms with Crippen molar-refractivity contribution in [1.82, 2.24) is 15.0 Å². The fourth-order valence-corrected chi connectivity index (χ4v) is 3.07. The largest absolute Gasteiger partial charge is 0.340 e. The molecule has 1 atom stereocenters. The van der Waals surface area contributed by atoms with E-state index < -0.39 is 0 Å². The molecule has 3 rings (SSSR count). The average molecular weight is 297 g/mol. The number of nitrogens with zero attached hydrogens (tertiary/aromatic N) is 3. The maximum absolute atomic E-state index is 5.06. The molecule has 0 spiro atoms. The molecule has 2 heterocycles. The topological polar surface area (TPSA) is 42.2 Å². The average Bonchev–Trinajstić information content (AvgIpc) is 2.94. The Morgan fingerprint density at radius 3 is 2.95 bits per heavy atom. The number of piperidine rings is 1. The quantitative estimate of drug-likeness (QED) is 0.849. The van der Waals surface area contributed by atoms with Crippen LogP contribution in [0, 0.1) is 12.8 Å². The van der Waals surface area contributed by atoms with Crippen molar-refractivity contribution in [2.75, 3.05) is 19.6 Å². The second-order valence-electron chi connectivity index (χ2n) is 6.01. The first-order chi connectivity index (χ1) is 10.8. The van der Waals surface area contributed by atoms with Gasteiger partial charge in [-0.1, -0.05) is 47.6 Å². The van der Waals surface area contributed by atoms with Gasteiger partial charge in [0.15, 0.2) is 5.82 Å². The summed E-state index contributed by atoms with van der Waals surface area (Å²) in [5.41, 5.74) is 1.26. The Labute approximate surface area is 131 Å². The Morgan fingerprint density at radius 1 is 1.32 bits per heavy atom. The highest BCUT2D eigenvalue weighted by molar-refractivity contribution is 5.48. The molecule has 0 N–H and O–H groups in total. The predicted octanol–water partition coefficient (Wildman–Crippen LogP) is 3.35. The summed E-state index contributed by atoms with van der Waals surface area (Å²) in [4.78, 5) is 6.84. The highest BCUT2D eigenvalue weighted by Crippen LogP contribution is 2.19. The number of aryl methyl sites for hydroxylation is 1. The van der Waals surface area contributed by atoms with Crippen molar-refractivity contribution in [3.63, 3.8) is 0 Å². The molecule has 1 aliphatic rings. The van der Waals surface area contributed by atoms with Gasteiger partial charge in [0, 0.05) is 26.4 Å². The lowest BCUT2D eigenvalue weighted by Crippen LogP contribution is -2.36. The van der Waals surface area contributed by atoms with E-state index >= 15 is 0 Å². The Bertz CT molecular complexity index is 606. The van der Waals surface area contributed by atoms with Crippen LogP contribution in [0.5, 0.6) is 0 Å². The van der Waals surface area contributed by atoms with Gasteiger partial charge in [0.05, 0.1) is 0 Å². The van der Waals surface area contributed by atoms with Crippen LogP contribution in [0.2, 0.25) is 0 Å². The zero-order chi connectivity index (χ0) is 15.2. The van der Waals surface area contributed by atoms with Crippen LogP contribution in [-0.2, 0) is 6.42 Å². The second kappa shape index (κ2) is 7.36. The maximum Gasteiger partial charge on any atom is 0.223 e. The molecule has 1 saturated heterocycles. The summed E-state index contributed by atoms with van der Waals surface area (Å²) in [6, 6.07) is 10.5. The van der Waals surface area contributed by atoms with Crippen molar-refractivity contribution in [3.8, 4) is 0 Å². The van der Waals surface area contributed by atoms with Gasteiger partial charge in [-0.15, -0.1) is 0 Å². The number of likely N-dealkylation sites (tertiary alicyclic amines) is 1. The Balaban J connectivity index is 1.49. The molecule has 1 aromatic carbocycles. The summed E-state index contributed by atoms with van der Waals surface area (Å²) in [5.74, 6) is 2.15. The lowest BCUT2D eigenvalue weighted by molar-refractivity contribution is 0.188. The number of hydrogen-bond donors (Lipinski definition) is 0. The molecule has 116 valence electrons. The van der Waals surface area contributed by atoms with Gasteiger partial charge in [0.1, 0.15) is 0 Å².